The molecule has 0 fully saturated rings. The summed E-state index contributed by atoms with van der Waals surface area (Å²) in [5.74, 6) is -0.0841. The first-order valence-corrected chi connectivity index (χ1v) is 10.2. The number of thiophene rings is 2. The normalized spacial score (nSPS) is 12.8. The Morgan fingerprint density at radius 3 is 2.42 bits per heavy atom. The maximum atomic E-state index is 12.4. The average Bonchev–Trinajstić information content (AvgIpc) is 3.30. The largest absolute Gasteiger partial charge is 0.382 e. The lowest BCUT2D eigenvalue weighted by Crippen LogP contribution is -2.22. The summed E-state index contributed by atoms with van der Waals surface area (Å²) in [6.07, 6.45) is -0.589. The third kappa shape index (κ3) is 4.41. The summed E-state index contributed by atoms with van der Waals surface area (Å²) >= 11 is 3.06. The summed E-state index contributed by atoms with van der Waals surface area (Å²) in [6, 6.07) is 15.5. The van der Waals surface area contributed by atoms with Crippen molar-refractivity contribution in [2.45, 2.75) is 38.8 Å². The van der Waals surface area contributed by atoms with E-state index in [-0.39, 0.29) is 11.3 Å². The molecule has 1 amide bonds. The van der Waals surface area contributed by atoms with Gasteiger partial charge in [-0.3, -0.25) is 4.79 Å². The van der Waals surface area contributed by atoms with Crippen LogP contribution in [0.3, 0.4) is 0 Å². The van der Waals surface area contributed by atoms with Crippen LogP contribution in [0.15, 0.2) is 53.9 Å². The number of carbonyl (C=O) groups excluding carboxylic acids is 1. The number of benzene rings is 1. The third-order valence-corrected chi connectivity index (χ3v) is 6.26. The highest BCUT2D eigenvalue weighted by Gasteiger charge is 2.16. The SMILES string of the molecule is CC(C)(C)c1ccc(C(=O)NCc2ccc(C(O)c3cccs3)s2)cc1. The van der Waals surface area contributed by atoms with Crippen molar-refractivity contribution in [3.05, 3.63) is 79.7 Å². The maximum absolute atomic E-state index is 12.4. The van der Waals surface area contributed by atoms with Gasteiger partial charge in [-0.1, -0.05) is 39.0 Å². The van der Waals surface area contributed by atoms with Crippen molar-refractivity contribution in [2.24, 2.45) is 0 Å². The van der Waals surface area contributed by atoms with Gasteiger partial charge in [-0.15, -0.1) is 22.7 Å². The third-order valence-electron chi connectivity index (χ3n) is 4.20. The lowest BCUT2D eigenvalue weighted by Gasteiger charge is -2.19. The van der Waals surface area contributed by atoms with E-state index in [1.54, 1.807) is 11.3 Å². The van der Waals surface area contributed by atoms with Crippen LogP contribution in [-0.2, 0) is 12.0 Å². The van der Waals surface area contributed by atoms with Gasteiger partial charge in [0.1, 0.15) is 6.10 Å². The Morgan fingerprint density at radius 1 is 1.08 bits per heavy atom. The number of hydrogen-bond donors (Lipinski definition) is 2. The molecule has 1 atom stereocenters. The summed E-state index contributed by atoms with van der Waals surface area (Å²) < 4.78 is 0. The molecule has 2 heterocycles. The molecule has 0 aliphatic rings. The first kappa shape index (κ1) is 18.8. The molecule has 0 saturated heterocycles. The van der Waals surface area contributed by atoms with Gasteiger partial charge >= 0.3 is 0 Å². The lowest BCUT2D eigenvalue weighted by atomic mass is 9.87. The lowest BCUT2D eigenvalue weighted by molar-refractivity contribution is 0.0951. The van der Waals surface area contributed by atoms with Crippen LogP contribution < -0.4 is 5.32 Å². The highest BCUT2D eigenvalue weighted by Crippen LogP contribution is 2.31. The summed E-state index contributed by atoms with van der Waals surface area (Å²) in [5.41, 5.74) is 1.94. The molecule has 5 heteroatoms. The van der Waals surface area contributed by atoms with Gasteiger partial charge in [0.25, 0.3) is 5.91 Å². The number of nitrogens with one attached hydrogen (secondary N) is 1. The second kappa shape index (κ2) is 7.74. The fourth-order valence-electron chi connectivity index (χ4n) is 2.61. The summed E-state index contributed by atoms with van der Waals surface area (Å²) in [4.78, 5) is 15.2. The summed E-state index contributed by atoms with van der Waals surface area (Å²) in [5, 5.41) is 15.3. The smallest absolute Gasteiger partial charge is 0.251 e. The Labute approximate surface area is 162 Å². The zero-order valence-corrected chi connectivity index (χ0v) is 16.8. The highest BCUT2D eigenvalue weighted by molar-refractivity contribution is 7.12. The van der Waals surface area contributed by atoms with Gasteiger partial charge in [-0.05, 0) is 46.7 Å². The summed E-state index contributed by atoms with van der Waals surface area (Å²) in [6.45, 7) is 6.92. The molecule has 2 N–H and O–H groups in total. The molecule has 0 radical (unpaired) electrons. The molecule has 0 saturated carbocycles. The predicted molar refractivity (Wildman–Crippen MR) is 109 cm³/mol. The molecular weight excluding hydrogens is 362 g/mol. The van der Waals surface area contributed by atoms with Crippen LogP contribution >= 0.6 is 22.7 Å². The van der Waals surface area contributed by atoms with Crippen molar-refractivity contribution in [1.82, 2.24) is 5.32 Å². The molecule has 3 nitrogen and oxygen atoms in total. The van der Waals surface area contributed by atoms with E-state index in [1.165, 1.54) is 16.9 Å². The van der Waals surface area contributed by atoms with E-state index in [0.29, 0.717) is 12.1 Å². The minimum Gasteiger partial charge on any atom is -0.382 e. The molecule has 1 unspecified atom stereocenters. The van der Waals surface area contributed by atoms with Crippen LogP contribution in [0.25, 0.3) is 0 Å². The first-order chi connectivity index (χ1) is 12.3. The zero-order chi connectivity index (χ0) is 18.7. The van der Waals surface area contributed by atoms with Crippen molar-refractivity contribution in [3.8, 4) is 0 Å². The molecule has 0 aliphatic heterocycles. The molecule has 3 aromatic rings. The highest BCUT2D eigenvalue weighted by atomic mass is 32.1. The fourth-order valence-corrected chi connectivity index (χ4v) is 4.37. The number of carbonyl (C=O) groups is 1. The number of aliphatic hydroxyl groups excluding tert-OH is 1. The summed E-state index contributed by atoms with van der Waals surface area (Å²) in [7, 11) is 0. The van der Waals surface area contributed by atoms with Gasteiger partial charge in [0.05, 0.1) is 6.54 Å². The molecule has 26 heavy (non-hydrogen) atoms. The van der Waals surface area contributed by atoms with E-state index in [0.717, 1.165) is 14.6 Å². The number of hydrogen-bond acceptors (Lipinski definition) is 4. The van der Waals surface area contributed by atoms with Gasteiger partial charge in [-0.25, -0.2) is 0 Å². The number of amides is 1. The average molecular weight is 386 g/mol. The van der Waals surface area contributed by atoms with Crippen LogP contribution in [0.5, 0.6) is 0 Å². The van der Waals surface area contributed by atoms with Crippen molar-refractivity contribution in [2.75, 3.05) is 0 Å². The monoisotopic (exact) mass is 385 g/mol. The van der Waals surface area contributed by atoms with Gasteiger partial charge < -0.3 is 10.4 Å². The van der Waals surface area contributed by atoms with E-state index >= 15 is 0 Å². The molecule has 0 spiro atoms. The van der Waals surface area contributed by atoms with Crippen molar-refractivity contribution in [3.63, 3.8) is 0 Å². The van der Waals surface area contributed by atoms with E-state index in [4.69, 9.17) is 0 Å². The standard InChI is InChI=1S/C21H23NO2S2/c1-21(2,3)15-8-6-14(7-9-15)20(24)22-13-16-10-11-18(26-16)19(23)17-5-4-12-25-17/h4-12,19,23H,13H2,1-3H3,(H,22,24). The molecule has 136 valence electrons. The Morgan fingerprint density at radius 2 is 1.81 bits per heavy atom. The Balaban J connectivity index is 1.60. The molecule has 0 bridgehead atoms. The van der Waals surface area contributed by atoms with Gasteiger partial charge in [0.15, 0.2) is 0 Å². The molecule has 3 rings (SSSR count). The number of rotatable bonds is 5. The van der Waals surface area contributed by atoms with Gasteiger partial charge in [0.2, 0.25) is 0 Å². The van der Waals surface area contributed by atoms with Gasteiger partial charge in [-0.2, -0.15) is 0 Å². The quantitative estimate of drug-likeness (QED) is 0.640. The van der Waals surface area contributed by atoms with Gasteiger partial charge in [0, 0.05) is 20.2 Å². The first-order valence-electron chi connectivity index (χ1n) is 8.53. The van der Waals surface area contributed by atoms with Crippen molar-refractivity contribution >= 4 is 28.6 Å². The molecule has 1 aromatic carbocycles. The van der Waals surface area contributed by atoms with Crippen LogP contribution in [0.1, 0.15) is 57.4 Å². The molecule has 2 aromatic heterocycles. The van der Waals surface area contributed by atoms with Crippen LogP contribution in [0, 0.1) is 0 Å². The second-order valence-corrected chi connectivity index (χ2v) is 9.41. The zero-order valence-electron chi connectivity index (χ0n) is 15.2. The van der Waals surface area contributed by atoms with E-state index in [9.17, 15) is 9.90 Å². The Kier molecular flexibility index (Phi) is 5.61. The van der Waals surface area contributed by atoms with E-state index < -0.39 is 6.10 Å². The maximum Gasteiger partial charge on any atom is 0.251 e. The Hall–Kier alpha value is -1.95. The van der Waals surface area contributed by atoms with Crippen molar-refractivity contribution in [1.29, 1.82) is 0 Å². The molecule has 0 aliphatic carbocycles. The van der Waals surface area contributed by atoms with Crippen LogP contribution in [0.4, 0.5) is 0 Å². The van der Waals surface area contributed by atoms with E-state index in [1.807, 2.05) is 53.9 Å². The topological polar surface area (TPSA) is 49.3 Å². The minimum absolute atomic E-state index is 0.0752. The molecular formula is C21H23NO2S2. The number of aliphatic hydroxyl groups is 1. The van der Waals surface area contributed by atoms with Crippen LogP contribution in [-0.4, -0.2) is 11.0 Å². The van der Waals surface area contributed by atoms with Crippen LogP contribution in [0.2, 0.25) is 0 Å². The Bertz CT molecular complexity index is 858. The predicted octanol–water partition coefficient (Wildman–Crippen LogP) is 5.12. The minimum atomic E-state index is -0.589. The van der Waals surface area contributed by atoms with Crippen molar-refractivity contribution < 1.29 is 9.90 Å². The van der Waals surface area contributed by atoms with E-state index in [2.05, 4.69) is 26.1 Å². The second-order valence-electron chi connectivity index (χ2n) is 7.23. The fraction of sp³-hybridized carbons (Fsp3) is 0.286.